The standard InChI is InChI=1S/C10H17N3O6S.C4H5NO3/c11-5(10(18)19)1-2-7(14)13-6(4-20)9(17)12-3-8(15)16;5-3(6)1-2-4(7)8/h5-6,20H,1-4,11H2,(H,12,17)(H,13,14)(H,15,16)(H,18,19);1-2H,(H2,5,6)(H,7,8)/b;2-1-. The number of amides is 3. The van der Waals surface area contributed by atoms with Crippen LogP contribution in [0.2, 0.25) is 0 Å². The molecule has 0 spiro atoms. The Morgan fingerprint density at radius 1 is 1.04 bits per heavy atom. The fourth-order valence-corrected chi connectivity index (χ4v) is 1.57. The Morgan fingerprint density at radius 3 is 1.96 bits per heavy atom. The highest BCUT2D eigenvalue weighted by Crippen LogP contribution is 1.97. The predicted octanol–water partition coefficient (Wildman–Crippen LogP) is -3.09. The van der Waals surface area contributed by atoms with Crippen molar-refractivity contribution < 1.29 is 44.1 Å². The average Bonchev–Trinajstić information content (AvgIpc) is 2.60. The van der Waals surface area contributed by atoms with Gasteiger partial charge in [0.2, 0.25) is 17.7 Å². The van der Waals surface area contributed by atoms with Crippen molar-refractivity contribution in [2.24, 2.45) is 11.5 Å². The van der Waals surface area contributed by atoms with Crippen molar-refractivity contribution in [2.75, 3.05) is 12.3 Å². The van der Waals surface area contributed by atoms with E-state index in [9.17, 15) is 28.8 Å². The van der Waals surface area contributed by atoms with Crippen LogP contribution in [0.4, 0.5) is 0 Å². The zero-order valence-corrected chi connectivity index (χ0v) is 15.4. The molecular formula is C14H22N4O9S. The number of rotatable bonds is 11. The summed E-state index contributed by atoms with van der Waals surface area (Å²) in [5.41, 5.74) is 9.78. The van der Waals surface area contributed by atoms with Crippen molar-refractivity contribution in [3.05, 3.63) is 12.2 Å². The topological polar surface area (TPSA) is 239 Å². The number of nitrogens with one attached hydrogen (secondary N) is 2. The lowest BCUT2D eigenvalue weighted by atomic mass is 10.1. The van der Waals surface area contributed by atoms with Crippen LogP contribution in [0.3, 0.4) is 0 Å². The van der Waals surface area contributed by atoms with E-state index < -0.39 is 54.3 Å². The maximum atomic E-state index is 11.5. The number of carbonyl (C=O) groups is 6. The first-order chi connectivity index (χ1) is 12.9. The molecule has 158 valence electrons. The van der Waals surface area contributed by atoms with Crippen molar-refractivity contribution in [1.82, 2.24) is 10.6 Å². The van der Waals surface area contributed by atoms with Gasteiger partial charge in [0.25, 0.3) is 0 Å². The fraction of sp³-hybridized carbons (Fsp3) is 0.429. The number of carboxylic acid groups (broad SMARTS) is 3. The number of carboxylic acids is 3. The SMILES string of the molecule is NC(=O)/C=C\C(=O)O.NC(CCC(=O)NC(CS)C(=O)NCC(=O)O)C(=O)O. The van der Waals surface area contributed by atoms with Gasteiger partial charge in [0, 0.05) is 24.3 Å². The van der Waals surface area contributed by atoms with Crippen LogP contribution in [0.5, 0.6) is 0 Å². The van der Waals surface area contributed by atoms with Gasteiger partial charge < -0.3 is 37.4 Å². The third kappa shape index (κ3) is 16.3. The Labute approximate surface area is 164 Å². The minimum atomic E-state index is -1.22. The average molecular weight is 422 g/mol. The smallest absolute Gasteiger partial charge is 0.328 e. The summed E-state index contributed by atoms with van der Waals surface area (Å²) >= 11 is 3.87. The Hall–Kier alpha value is -3.13. The van der Waals surface area contributed by atoms with E-state index in [2.05, 4.69) is 29.0 Å². The van der Waals surface area contributed by atoms with Crippen LogP contribution in [0.1, 0.15) is 12.8 Å². The van der Waals surface area contributed by atoms with Gasteiger partial charge in [0.1, 0.15) is 18.6 Å². The molecular weight excluding hydrogens is 400 g/mol. The molecule has 0 bridgehead atoms. The Kier molecular flexibility index (Phi) is 14.5. The van der Waals surface area contributed by atoms with Crippen LogP contribution < -0.4 is 22.1 Å². The minimum absolute atomic E-state index is 0.0256. The van der Waals surface area contributed by atoms with Crippen molar-refractivity contribution >= 4 is 48.3 Å². The largest absolute Gasteiger partial charge is 0.480 e. The van der Waals surface area contributed by atoms with Gasteiger partial charge in [-0.25, -0.2) is 4.79 Å². The molecule has 0 aliphatic heterocycles. The maximum absolute atomic E-state index is 11.5. The molecule has 0 saturated heterocycles. The lowest BCUT2D eigenvalue weighted by molar-refractivity contribution is -0.139. The summed E-state index contributed by atoms with van der Waals surface area (Å²) in [7, 11) is 0. The highest BCUT2D eigenvalue weighted by atomic mass is 32.1. The molecule has 0 aliphatic rings. The van der Waals surface area contributed by atoms with Crippen molar-refractivity contribution in [3.8, 4) is 0 Å². The molecule has 2 unspecified atom stereocenters. The normalized spacial score (nSPS) is 12.1. The summed E-state index contributed by atoms with van der Waals surface area (Å²) < 4.78 is 0. The van der Waals surface area contributed by atoms with E-state index in [0.717, 1.165) is 6.08 Å². The predicted molar refractivity (Wildman–Crippen MR) is 97.2 cm³/mol. The molecule has 0 aromatic carbocycles. The van der Waals surface area contributed by atoms with Crippen LogP contribution in [0.25, 0.3) is 0 Å². The minimum Gasteiger partial charge on any atom is -0.480 e. The van der Waals surface area contributed by atoms with Gasteiger partial charge in [0.05, 0.1) is 0 Å². The summed E-state index contributed by atoms with van der Waals surface area (Å²) in [6.07, 6.45) is 1.23. The number of carbonyl (C=O) groups excluding carboxylic acids is 3. The molecule has 2 atom stereocenters. The first kappa shape index (κ1) is 27.1. The van der Waals surface area contributed by atoms with E-state index in [-0.39, 0.29) is 18.6 Å². The van der Waals surface area contributed by atoms with Crippen molar-refractivity contribution in [3.63, 3.8) is 0 Å². The summed E-state index contributed by atoms with van der Waals surface area (Å²) in [6.45, 7) is -0.567. The van der Waals surface area contributed by atoms with Gasteiger partial charge in [-0.2, -0.15) is 12.6 Å². The van der Waals surface area contributed by atoms with Gasteiger partial charge in [-0.3, -0.25) is 24.0 Å². The highest BCUT2D eigenvalue weighted by Gasteiger charge is 2.20. The number of hydrogen-bond donors (Lipinski definition) is 8. The van der Waals surface area contributed by atoms with Gasteiger partial charge in [0.15, 0.2) is 0 Å². The van der Waals surface area contributed by atoms with Gasteiger partial charge in [-0.05, 0) is 6.42 Å². The van der Waals surface area contributed by atoms with E-state index in [1.165, 1.54) is 0 Å². The zero-order chi connectivity index (χ0) is 22.3. The molecule has 0 saturated carbocycles. The van der Waals surface area contributed by atoms with Crippen molar-refractivity contribution in [1.29, 1.82) is 0 Å². The van der Waals surface area contributed by atoms with Gasteiger partial charge >= 0.3 is 17.9 Å². The summed E-state index contributed by atoms with van der Waals surface area (Å²) in [4.78, 5) is 63.1. The molecule has 0 aromatic heterocycles. The summed E-state index contributed by atoms with van der Waals surface area (Å²) in [5, 5.41) is 29.2. The Balaban J connectivity index is 0. The lowest BCUT2D eigenvalue weighted by Gasteiger charge is -2.16. The van der Waals surface area contributed by atoms with Crippen LogP contribution in [0.15, 0.2) is 12.2 Å². The van der Waals surface area contributed by atoms with Gasteiger partial charge in [-0.15, -0.1) is 0 Å². The zero-order valence-electron chi connectivity index (χ0n) is 14.5. The molecule has 0 rings (SSSR count). The molecule has 0 heterocycles. The number of aliphatic carboxylic acids is 3. The lowest BCUT2D eigenvalue weighted by Crippen LogP contribution is -2.49. The Bertz CT molecular complexity index is 608. The third-order valence-electron chi connectivity index (χ3n) is 2.64. The third-order valence-corrected chi connectivity index (χ3v) is 3.00. The molecule has 28 heavy (non-hydrogen) atoms. The Morgan fingerprint density at radius 2 is 1.61 bits per heavy atom. The highest BCUT2D eigenvalue weighted by molar-refractivity contribution is 7.80. The molecule has 3 amide bonds. The monoisotopic (exact) mass is 422 g/mol. The number of hydrogen-bond acceptors (Lipinski definition) is 8. The molecule has 0 fully saturated rings. The first-order valence-corrected chi connectivity index (χ1v) is 8.12. The summed E-state index contributed by atoms with van der Waals surface area (Å²) in [5.74, 6) is -5.64. The second kappa shape index (κ2) is 15.0. The van der Waals surface area contributed by atoms with E-state index in [4.69, 9.17) is 21.1 Å². The molecule has 0 radical (unpaired) electrons. The molecule has 9 N–H and O–H groups in total. The molecule has 0 aromatic rings. The van der Waals surface area contributed by atoms with E-state index in [1.807, 2.05) is 0 Å². The van der Waals surface area contributed by atoms with Gasteiger partial charge in [-0.1, -0.05) is 0 Å². The number of primary amides is 1. The molecule has 13 nitrogen and oxygen atoms in total. The quantitative estimate of drug-likeness (QED) is 0.123. The van der Waals surface area contributed by atoms with Crippen LogP contribution in [-0.4, -0.2) is 75.3 Å². The molecule has 14 heteroatoms. The fourth-order valence-electron chi connectivity index (χ4n) is 1.31. The van der Waals surface area contributed by atoms with E-state index in [1.54, 1.807) is 0 Å². The van der Waals surface area contributed by atoms with Crippen LogP contribution in [-0.2, 0) is 28.8 Å². The number of nitrogens with two attached hydrogens (primary N) is 2. The summed E-state index contributed by atoms with van der Waals surface area (Å²) in [6, 6.07) is -2.15. The van der Waals surface area contributed by atoms with Crippen LogP contribution in [0, 0.1) is 0 Å². The number of thiol groups is 1. The van der Waals surface area contributed by atoms with Crippen molar-refractivity contribution in [2.45, 2.75) is 24.9 Å². The van der Waals surface area contributed by atoms with E-state index in [0.29, 0.717) is 6.08 Å². The molecule has 0 aliphatic carbocycles. The second-order valence-corrected chi connectivity index (χ2v) is 5.34. The first-order valence-electron chi connectivity index (χ1n) is 7.49. The van der Waals surface area contributed by atoms with Crippen LogP contribution >= 0.6 is 12.6 Å². The van der Waals surface area contributed by atoms with E-state index >= 15 is 0 Å². The maximum Gasteiger partial charge on any atom is 0.328 e. The second-order valence-electron chi connectivity index (χ2n) is 4.97.